The van der Waals surface area contributed by atoms with Gasteiger partial charge in [0.25, 0.3) is 5.91 Å². The molecule has 0 atom stereocenters. The second kappa shape index (κ2) is 13.4. The molecule has 7 nitrogen and oxygen atoms in total. The second-order valence-electron chi connectivity index (χ2n) is 12.8. The number of hydrogen-bond acceptors (Lipinski definition) is 4. The van der Waals surface area contributed by atoms with Gasteiger partial charge in [-0.15, -0.1) is 0 Å². The highest BCUT2D eigenvalue weighted by molar-refractivity contribution is 6.36. The molecule has 1 aromatic heterocycles. The molecule has 2 amide bonds. The maximum absolute atomic E-state index is 14.4. The molecule has 3 heterocycles. The van der Waals surface area contributed by atoms with Gasteiger partial charge in [-0.2, -0.15) is 0 Å². The van der Waals surface area contributed by atoms with E-state index in [-0.39, 0.29) is 23.8 Å². The van der Waals surface area contributed by atoms with E-state index in [2.05, 4.69) is 23.3 Å². The van der Waals surface area contributed by atoms with Crippen molar-refractivity contribution in [3.8, 4) is 16.9 Å². The number of unbranched alkanes of at least 4 members (excludes halogenated alkanes) is 1. The molecule has 0 unspecified atom stereocenters. The van der Waals surface area contributed by atoms with Gasteiger partial charge in [0, 0.05) is 46.7 Å². The number of carbonyl (C=O) groups excluding carboxylic acids is 2. The maximum atomic E-state index is 14.4. The number of piperidine rings is 2. The Morgan fingerprint density at radius 2 is 1.50 bits per heavy atom. The van der Waals surface area contributed by atoms with E-state index in [1.807, 2.05) is 41.3 Å². The average Bonchev–Trinajstić information content (AvgIpc) is 3.36. The van der Waals surface area contributed by atoms with Crippen molar-refractivity contribution in [3.05, 3.63) is 74.9 Å². The first-order valence-electron chi connectivity index (χ1n) is 15.4. The van der Waals surface area contributed by atoms with Gasteiger partial charge in [0.1, 0.15) is 5.54 Å². The van der Waals surface area contributed by atoms with Crippen LogP contribution in [0.5, 0.6) is 0 Å². The Morgan fingerprint density at radius 3 is 2.09 bits per heavy atom. The van der Waals surface area contributed by atoms with Crippen molar-refractivity contribution in [1.29, 1.82) is 0 Å². The van der Waals surface area contributed by atoms with Crippen LogP contribution in [0.3, 0.4) is 0 Å². The number of nitrogens with zero attached hydrogens (tertiary/aromatic N) is 3. The Labute approximate surface area is 274 Å². The highest BCUT2D eigenvalue weighted by Crippen LogP contribution is 2.39. The zero-order valence-electron chi connectivity index (χ0n) is 25.4. The maximum Gasteiger partial charge on any atom is 0.255 e. The summed E-state index contributed by atoms with van der Waals surface area (Å²) in [6.45, 7) is 7.12. The molecule has 3 aromatic rings. The van der Waals surface area contributed by atoms with E-state index in [0.717, 1.165) is 48.6 Å². The number of carbonyl (C=O) groups is 2. The van der Waals surface area contributed by atoms with Crippen molar-refractivity contribution in [2.45, 2.75) is 64.3 Å². The quantitative estimate of drug-likeness (QED) is 0.242. The van der Waals surface area contributed by atoms with Crippen LogP contribution in [-0.4, -0.2) is 69.6 Å². The number of likely N-dealkylation sites (tertiary alicyclic amines) is 2. The second-order valence-corrected chi connectivity index (χ2v) is 14.1. The van der Waals surface area contributed by atoms with Crippen LogP contribution in [-0.2, 0) is 11.2 Å². The number of nitrogens with two attached hydrogens (primary N) is 1. The summed E-state index contributed by atoms with van der Waals surface area (Å²) >= 11 is 19.2. The lowest BCUT2D eigenvalue weighted by Crippen LogP contribution is -2.64. The standard InChI is InChI=1S/C34H41Cl3N4O3/c1-33(2)12-18-40(19-13-33)34(32(38)44)14-16-39(17-15-34)31(43)27-22-30(26-11-8-24(36)21-28(26)37)41(29(27)5-3-4-20-42)25-9-6-23(35)7-10-25/h6-11,21-22,42H,3-5,12-20H2,1-2H3,(H2,38,44). The number of primary amides is 1. The topological polar surface area (TPSA) is 91.8 Å². The van der Waals surface area contributed by atoms with Crippen LogP contribution in [0.25, 0.3) is 16.9 Å². The summed E-state index contributed by atoms with van der Waals surface area (Å²) in [4.78, 5) is 31.4. The summed E-state index contributed by atoms with van der Waals surface area (Å²) in [6, 6.07) is 14.7. The molecule has 2 fully saturated rings. The van der Waals surface area contributed by atoms with Gasteiger partial charge in [-0.05, 0) is 112 Å². The largest absolute Gasteiger partial charge is 0.396 e. The van der Waals surface area contributed by atoms with Crippen molar-refractivity contribution >= 4 is 46.6 Å². The number of aromatic nitrogens is 1. The molecule has 0 spiro atoms. The molecule has 2 aliphatic heterocycles. The van der Waals surface area contributed by atoms with Crippen molar-refractivity contribution in [3.63, 3.8) is 0 Å². The Hall–Kier alpha value is -2.55. The lowest BCUT2D eigenvalue weighted by atomic mass is 9.78. The fourth-order valence-corrected chi connectivity index (χ4v) is 7.31. The minimum absolute atomic E-state index is 0.0653. The summed E-state index contributed by atoms with van der Waals surface area (Å²) in [5.74, 6) is -0.400. The first kappa shape index (κ1) is 32.8. The number of rotatable bonds is 9. The molecule has 5 rings (SSSR count). The number of amides is 2. The van der Waals surface area contributed by atoms with Crippen LogP contribution in [0, 0.1) is 5.41 Å². The van der Waals surface area contributed by atoms with Crippen LogP contribution in [0.15, 0.2) is 48.5 Å². The predicted molar refractivity (Wildman–Crippen MR) is 178 cm³/mol. The third kappa shape index (κ3) is 6.68. The van der Waals surface area contributed by atoms with Crippen molar-refractivity contribution < 1.29 is 14.7 Å². The van der Waals surface area contributed by atoms with E-state index in [0.29, 0.717) is 65.8 Å². The summed E-state index contributed by atoms with van der Waals surface area (Å²) in [5.41, 5.74) is 9.33. The van der Waals surface area contributed by atoms with Gasteiger partial charge in [-0.25, -0.2) is 0 Å². The summed E-state index contributed by atoms with van der Waals surface area (Å²) in [6.07, 6.45) is 4.89. The van der Waals surface area contributed by atoms with Gasteiger partial charge in [0.15, 0.2) is 0 Å². The van der Waals surface area contributed by atoms with Crippen molar-refractivity contribution in [1.82, 2.24) is 14.4 Å². The molecule has 3 N–H and O–H groups in total. The van der Waals surface area contributed by atoms with Gasteiger partial charge in [0.2, 0.25) is 5.91 Å². The first-order chi connectivity index (χ1) is 21.0. The molecule has 10 heteroatoms. The molecule has 0 radical (unpaired) electrons. The van der Waals surface area contributed by atoms with Gasteiger partial charge in [0.05, 0.1) is 16.3 Å². The molecule has 2 aromatic carbocycles. The third-order valence-electron chi connectivity index (χ3n) is 9.51. The first-order valence-corrected chi connectivity index (χ1v) is 16.5. The Balaban J connectivity index is 1.52. The number of aliphatic hydroxyl groups is 1. The number of aliphatic hydroxyl groups excluding tert-OH is 1. The monoisotopic (exact) mass is 658 g/mol. The zero-order valence-corrected chi connectivity index (χ0v) is 27.7. The normalized spacial score (nSPS) is 18.4. The lowest BCUT2D eigenvalue weighted by molar-refractivity contribution is -0.135. The van der Waals surface area contributed by atoms with E-state index in [1.54, 1.807) is 12.1 Å². The van der Waals surface area contributed by atoms with Crippen molar-refractivity contribution in [2.75, 3.05) is 32.8 Å². The molecule has 2 saturated heterocycles. The SMILES string of the molecule is CC1(C)CCN(C2(C(N)=O)CCN(C(=O)c3cc(-c4ccc(Cl)cc4Cl)n(-c4ccc(Cl)cc4)c3CCCCO)CC2)CC1. The Kier molecular flexibility index (Phi) is 10.0. The minimum Gasteiger partial charge on any atom is -0.396 e. The van der Waals surface area contributed by atoms with E-state index in [4.69, 9.17) is 40.5 Å². The summed E-state index contributed by atoms with van der Waals surface area (Å²) in [5, 5.41) is 11.1. The van der Waals surface area contributed by atoms with Crippen LogP contribution in [0.4, 0.5) is 0 Å². The van der Waals surface area contributed by atoms with E-state index in [1.165, 1.54) is 0 Å². The van der Waals surface area contributed by atoms with E-state index < -0.39 is 5.54 Å². The predicted octanol–water partition coefficient (Wildman–Crippen LogP) is 7.00. The van der Waals surface area contributed by atoms with Gasteiger partial charge in [-0.1, -0.05) is 48.7 Å². The van der Waals surface area contributed by atoms with Crippen LogP contribution in [0.1, 0.15) is 68.4 Å². The summed E-state index contributed by atoms with van der Waals surface area (Å²) in [7, 11) is 0. The fourth-order valence-electron chi connectivity index (χ4n) is 6.68. The fraction of sp³-hybridized carbons (Fsp3) is 0.471. The molecule has 2 aliphatic rings. The molecule has 0 aliphatic carbocycles. The number of benzene rings is 2. The highest BCUT2D eigenvalue weighted by atomic mass is 35.5. The smallest absolute Gasteiger partial charge is 0.255 e. The molecule has 0 saturated carbocycles. The molecule has 0 bridgehead atoms. The van der Waals surface area contributed by atoms with Crippen LogP contribution < -0.4 is 5.73 Å². The van der Waals surface area contributed by atoms with Gasteiger partial charge < -0.3 is 20.3 Å². The lowest BCUT2D eigenvalue weighted by Gasteiger charge is -2.50. The molecule has 236 valence electrons. The highest BCUT2D eigenvalue weighted by Gasteiger charge is 2.47. The van der Waals surface area contributed by atoms with Crippen molar-refractivity contribution in [2.24, 2.45) is 11.1 Å². The molecule has 44 heavy (non-hydrogen) atoms. The Bertz CT molecular complexity index is 1500. The van der Waals surface area contributed by atoms with Crippen LogP contribution in [0.2, 0.25) is 15.1 Å². The van der Waals surface area contributed by atoms with Gasteiger partial charge >= 0.3 is 0 Å². The minimum atomic E-state index is -0.742. The number of hydrogen-bond donors (Lipinski definition) is 2. The molecular weight excluding hydrogens is 619 g/mol. The van der Waals surface area contributed by atoms with Gasteiger partial charge in [-0.3, -0.25) is 14.5 Å². The van der Waals surface area contributed by atoms with Crippen LogP contribution >= 0.6 is 34.8 Å². The molecular formula is C34H41Cl3N4O3. The number of halogens is 3. The van der Waals surface area contributed by atoms with E-state index in [9.17, 15) is 14.7 Å². The Morgan fingerprint density at radius 1 is 0.864 bits per heavy atom. The third-order valence-corrected chi connectivity index (χ3v) is 10.3. The average molecular weight is 660 g/mol. The summed E-state index contributed by atoms with van der Waals surface area (Å²) < 4.78 is 2.06. The zero-order chi connectivity index (χ0) is 31.6. The van der Waals surface area contributed by atoms with E-state index >= 15 is 0 Å².